The lowest BCUT2D eigenvalue weighted by molar-refractivity contribution is 0.0982. The van der Waals surface area contributed by atoms with Crippen LogP contribution >= 0.6 is 27.3 Å². The van der Waals surface area contributed by atoms with Crippen LogP contribution in [0.2, 0.25) is 0 Å². The molecule has 4 rings (SSSR count). The molecule has 0 N–H and O–H groups in total. The Morgan fingerprint density at radius 2 is 1.88 bits per heavy atom. The quantitative estimate of drug-likeness (QED) is 0.481. The van der Waals surface area contributed by atoms with Gasteiger partial charge in [-0.25, -0.2) is 0 Å². The molecule has 4 nitrogen and oxygen atoms in total. The average Bonchev–Trinajstić information content (AvgIpc) is 3.05. The standard InChI is InChI=1S/C18H8BrNO3S/c19-12-5-1-4-10-14(12)17(23)18-11(16(10)22)7-13(24-18)15(21)9-3-2-6-20-8-9/h1-8H. The number of thiophene rings is 1. The molecule has 1 aromatic carbocycles. The van der Waals surface area contributed by atoms with E-state index in [9.17, 15) is 14.4 Å². The third-order valence-electron chi connectivity index (χ3n) is 3.82. The molecular formula is C18H8BrNO3S. The first-order valence-electron chi connectivity index (χ1n) is 7.04. The lowest BCUT2D eigenvalue weighted by Crippen LogP contribution is -2.19. The van der Waals surface area contributed by atoms with E-state index in [0.717, 1.165) is 11.3 Å². The first-order chi connectivity index (χ1) is 11.6. The molecule has 3 aromatic rings. The van der Waals surface area contributed by atoms with Gasteiger partial charge in [0.05, 0.1) is 9.75 Å². The fraction of sp³-hybridized carbons (Fsp3) is 0. The maximum absolute atomic E-state index is 12.8. The molecule has 0 bridgehead atoms. The molecule has 1 aliphatic rings. The minimum Gasteiger partial charge on any atom is -0.289 e. The Balaban J connectivity index is 1.85. The minimum atomic E-state index is -0.244. The number of ketones is 3. The molecule has 0 saturated heterocycles. The Labute approximate surface area is 149 Å². The van der Waals surface area contributed by atoms with Crippen LogP contribution in [-0.2, 0) is 0 Å². The maximum atomic E-state index is 12.8. The molecule has 1 aliphatic carbocycles. The van der Waals surface area contributed by atoms with E-state index < -0.39 is 0 Å². The number of carbonyl (C=O) groups is 3. The van der Waals surface area contributed by atoms with E-state index in [0.29, 0.717) is 36.5 Å². The van der Waals surface area contributed by atoms with Crippen molar-refractivity contribution in [2.24, 2.45) is 0 Å². The van der Waals surface area contributed by atoms with Crippen molar-refractivity contribution >= 4 is 44.6 Å². The number of hydrogen-bond donors (Lipinski definition) is 0. The van der Waals surface area contributed by atoms with Gasteiger partial charge in [0.2, 0.25) is 11.6 Å². The second-order valence-corrected chi connectivity index (χ2v) is 7.15. The predicted octanol–water partition coefficient (Wildman–Crippen LogP) is 3.91. The van der Waals surface area contributed by atoms with Gasteiger partial charge < -0.3 is 0 Å². The highest BCUT2D eigenvalue weighted by Gasteiger charge is 2.34. The molecular weight excluding hydrogens is 390 g/mol. The highest BCUT2D eigenvalue weighted by molar-refractivity contribution is 9.10. The molecule has 0 spiro atoms. The van der Waals surface area contributed by atoms with Gasteiger partial charge in [0.15, 0.2) is 5.78 Å². The molecule has 6 heteroatoms. The van der Waals surface area contributed by atoms with Crippen molar-refractivity contribution in [1.29, 1.82) is 0 Å². The van der Waals surface area contributed by atoms with Crippen molar-refractivity contribution in [3.63, 3.8) is 0 Å². The fourth-order valence-electron chi connectivity index (χ4n) is 2.68. The van der Waals surface area contributed by atoms with Crippen LogP contribution in [0.15, 0.2) is 53.3 Å². The number of aromatic nitrogens is 1. The van der Waals surface area contributed by atoms with Crippen LogP contribution in [-0.4, -0.2) is 22.3 Å². The number of nitrogens with zero attached hydrogens (tertiary/aromatic N) is 1. The first kappa shape index (κ1) is 15.1. The van der Waals surface area contributed by atoms with Crippen LogP contribution in [0.25, 0.3) is 0 Å². The molecule has 116 valence electrons. The van der Waals surface area contributed by atoms with E-state index in [4.69, 9.17) is 0 Å². The van der Waals surface area contributed by atoms with Gasteiger partial charge in [0, 0.05) is 39.1 Å². The summed E-state index contributed by atoms with van der Waals surface area (Å²) in [6.07, 6.45) is 3.05. The fourth-order valence-corrected chi connectivity index (χ4v) is 4.29. The maximum Gasteiger partial charge on any atom is 0.205 e. The zero-order chi connectivity index (χ0) is 16.8. The first-order valence-corrected chi connectivity index (χ1v) is 8.65. The Hall–Kier alpha value is -2.44. The summed E-state index contributed by atoms with van der Waals surface area (Å²) < 4.78 is 0.581. The zero-order valence-corrected chi connectivity index (χ0v) is 14.5. The van der Waals surface area contributed by atoms with Gasteiger partial charge in [0.1, 0.15) is 0 Å². The normalized spacial score (nSPS) is 12.7. The third-order valence-corrected chi connectivity index (χ3v) is 5.61. The molecule has 0 radical (unpaired) electrons. The van der Waals surface area contributed by atoms with Gasteiger partial charge in [-0.3, -0.25) is 19.4 Å². The largest absolute Gasteiger partial charge is 0.289 e. The Morgan fingerprint density at radius 1 is 1.04 bits per heavy atom. The summed E-state index contributed by atoms with van der Waals surface area (Å²) in [4.78, 5) is 42.6. The van der Waals surface area contributed by atoms with Crippen molar-refractivity contribution in [2.45, 2.75) is 0 Å². The van der Waals surface area contributed by atoms with Crippen LogP contribution in [0.3, 0.4) is 0 Å². The monoisotopic (exact) mass is 397 g/mol. The molecule has 24 heavy (non-hydrogen) atoms. The number of fused-ring (bicyclic) bond motifs is 2. The average molecular weight is 398 g/mol. The third kappa shape index (κ3) is 2.18. The van der Waals surface area contributed by atoms with Crippen LogP contribution in [0.5, 0.6) is 0 Å². The van der Waals surface area contributed by atoms with E-state index in [2.05, 4.69) is 20.9 Å². The summed E-state index contributed by atoms with van der Waals surface area (Å²) >= 11 is 4.38. The summed E-state index contributed by atoms with van der Waals surface area (Å²) in [5.74, 6) is -0.712. The smallest absolute Gasteiger partial charge is 0.205 e. The topological polar surface area (TPSA) is 64.1 Å². The predicted molar refractivity (Wildman–Crippen MR) is 93.0 cm³/mol. The second kappa shape index (κ2) is 5.58. The number of hydrogen-bond acceptors (Lipinski definition) is 5. The molecule has 2 heterocycles. The Morgan fingerprint density at radius 3 is 2.62 bits per heavy atom. The molecule has 2 aromatic heterocycles. The molecule has 0 saturated carbocycles. The van der Waals surface area contributed by atoms with Crippen LogP contribution in [0.1, 0.15) is 46.4 Å². The SMILES string of the molecule is O=C(c1cccnc1)c1cc2c(s1)C(=O)c1c(Br)cccc1C2=O. The van der Waals surface area contributed by atoms with E-state index in [-0.39, 0.29) is 17.3 Å². The van der Waals surface area contributed by atoms with Gasteiger partial charge >= 0.3 is 0 Å². The number of benzene rings is 1. The molecule has 0 aliphatic heterocycles. The number of halogens is 1. The van der Waals surface area contributed by atoms with Crippen LogP contribution in [0, 0.1) is 0 Å². The molecule has 0 atom stereocenters. The highest BCUT2D eigenvalue weighted by atomic mass is 79.9. The van der Waals surface area contributed by atoms with E-state index >= 15 is 0 Å². The lowest BCUT2D eigenvalue weighted by Gasteiger charge is -2.14. The summed E-state index contributed by atoms with van der Waals surface area (Å²) in [7, 11) is 0. The van der Waals surface area contributed by atoms with Gasteiger partial charge in [0.25, 0.3) is 0 Å². The van der Waals surface area contributed by atoms with E-state index in [1.807, 2.05) is 0 Å². The highest BCUT2D eigenvalue weighted by Crippen LogP contribution is 2.36. The zero-order valence-electron chi connectivity index (χ0n) is 12.1. The minimum absolute atomic E-state index is 0.234. The van der Waals surface area contributed by atoms with E-state index in [1.54, 1.807) is 36.5 Å². The van der Waals surface area contributed by atoms with Crippen molar-refractivity contribution < 1.29 is 14.4 Å². The van der Waals surface area contributed by atoms with Gasteiger partial charge in [-0.1, -0.05) is 28.1 Å². The summed E-state index contributed by atoms with van der Waals surface area (Å²) in [5.41, 5.74) is 1.44. The van der Waals surface area contributed by atoms with Crippen molar-refractivity contribution in [3.05, 3.63) is 85.3 Å². The van der Waals surface area contributed by atoms with Crippen molar-refractivity contribution in [2.75, 3.05) is 0 Å². The molecule has 0 unspecified atom stereocenters. The Kier molecular flexibility index (Phi) is 3.51. The summed E-state index contributed by atoms with van der Waals surface area (Å²) in [6, 6.07) is 9.91. The second-order valence-electron chi connectivity index (χ2n) is 5.24. The molecule has 0 fully saturated rings. The van der Waals surface area contributed by atoms with Crippen LogP contribution in [0.4, 0.5) is 0 Å². The van der Waals surface area contributed by atoms with E-state index in [1.165, 1.54) is 12.3 Å². The van der Waals surface area contributed by atoms with Crippen molar-refractivity contribution in [3.8, 4) is 0 Å². The van der Waals surface area contributed by atoms with Crippen molar-refractivity contribution in [1.82, 2.24) is 4.98 Å². The van der Waals surface area contributed by atoms with Gasteiger partial charge in [-0.05, 0) is 24.3 Å². The van der Waals surface area contributed by atoms with Gasteiger partial charge in [-0.15, -0.1) is 11.3 Å². The van der Waals surface area contributed by atoms with Crippen LogP contribution < -0.4 is 0 Å². The Bertz CT molecular complexity index is 1020. The molecule has 0 amide bonds. The number of rotatable bonds is 2. The van der Waals surface area contributed by atoms with Gasteiger partial charge in [-0.2, -0.15) is 0 Å². The summed E-state index contributed by atoms with van der Waals surface area (Å²) in [6.45, 7) is 0. The number of pyridine rings is 1. The lowest BCUT2D eigenvalue weighted by atomic mass is 9.89. The summed E-state index contributed by atoms with van der Waals surface area (Å²) in [5, 5.41) is 0. The number of carbonyl (C=O) groups excluding carboxylic acids is 3.